The van der Waals surface area contributed by atoms with Crippen molar-refractivity contribution in [2.24, 2.45) is 0 Å². The molecule has 1 aromatic carbocycles. The van der Waals surface area contributed by atoms with Crippen LogP contribution in [0, 0.1) is 0 Å². The highest BCUT2D eigenvalue weighted by Crippen LogP contribution is 2.15. The van der Waals surface area contributed by atoms with E-state index in [2.05, 4.69) is 6.92 Å². The standard InChI is InChI=1S/C17H21NO2/c1-2-3-4-5-14-20-17-8-6-15(7-9-17)18-12-10-16(19)11-13-18/h6-13H,2-5,14H2,1H3. The molecule has 1 aromatic heterocycles. The van der Waals surface area contributed by atoms with Crippen LogP contribution in [0.25, 0.3) is 5.69 Å². The number of nitrogens with zero attached hydrogens (tertiary/aromatic N) is 1. The average Bonchev–Trinajstić information content (AvgIpc) is 2.49. The Kier molecular flexibility index (Phi) is 5.42. The maximum atomic E-state index is 11.1. The van der Waals surface area contributed by atoms with Gasteiger partial charge in [-0.05, 0) is 30.7 Å². The highest BCUT2D eigenvalue weighted by molar-refractivity contribution is 5.37. The Labute approximate surface area is 119 Å². The fourth-order valence-corrected chi connectivity index (χ4v) is 2.02. The smallest absolute Gasteiger partial charge is 0.181 e. The van der Waals surface area contributed by atoms with E-state index >= 15 is 0 Å². The monoisotopic (exact) mass is 271 g/mol. The quantitative estimate of drug-likeness (QED) is 0.717. The third-order valence-electron chi connectivity index (χ3n) is 3.20. The van der Waals surface area contributed by atoms with Crippen LogP contribution in [-0.4, -0.2) is 11.2 Å². The maximum Gasteiger partial charge on any atom is 0.181 e. The van der Waals surface area contributed by atoms with E-state index in [1.165, 1.54) is 19.3 Å². The third-order valence-corrected chi connectivity index (χ3v) is 3.20. The molecule has 2 rings (SSSR count). The summed E-state index contributed by atoms with van der Waals surface area (Å²) >= 11 is 0. The number of benzene rings is 1. The number of aromatic nitrogens is 1. The number of unbranched alkanes of at least 4 members (excludes halogenated alkanes) is 3. The van der Waals surface area contributed by atoms with Crippen molar-refractivity contribution in [3.05, 3.63) is 59.0 Å². The van der Waals surface area contributed by atoms with Crippen LogP contribution in [0.2, 0.25) is 0 Å². The van der Waals surface area contributed by atoms with Gasteiger partial charge in [0.2, 0.25) is 0 Å². The zero-order valence-electron chi connectivity index (χ0n) is 11.9. The summed E-state index contributed by atoms with van der Waals surface area (Å²) < 4.78 is 7.61. The van der Waals surface area contributed by atoms with Crippen LogP contribution in [0.5, 0.6) is 5.75 Å². The van der Waals surface area contributed by atoms with Crippen LogP contribution in [-0.2, 0) is 0 Å². The topological polar surface area (TPSA) is 31.2 Å². The van der Waals surface area contributed by atoms with Crippen molar-refractivity contribution in [3.8, 4) is 11.4 Å². The van der Waals surface area contributed by atoms with Crippen molar-refractivity contribution in [2.75, 3.05) is 6.61 Å². The van der Waals surface area contributed by atoms with Gasteiger partial charge in [0.15, 0.2) is 5.43 Å². The molecule has 0 spiro atoms. The van der Waals surface area contributed by atoms with Crippen LogP contribution >= 0.6 is 0 Å². The molecule has 0 atom stereocenters. The first-order valence-electron chi connectivity index (χ1n) is 7.21. The van der Waals surface area contributed by atoms with Gasteiger partial charge in [0.05, 0.1) is 6.61 Å². The zero-order valence-corrected chi connectivity index (χ0v) is 11.9. The van der Waals surface area contributed by atoms with Gasteiger partial charge in [-0.2, -0.15) is 0 Å². The van der Waals surface area contributed by atoms with E-state index in [9.17, 15) is 4.79 Å². The first-order chi connectivity index (χ1) is 9.79. The fourth-order valence-electron chi connectivity index (χ4n) is 2.02. The van der Waals surface area contributed by atoms with Gasteiger partial charge in [0.25, 0.3) is 0 Å². The molecule has 0 aliphatic rings. The molecule has 1 heterocycles. The molecule has 0 aliphatic carbocycles. The Morgan fingerprint density at radius 3 is 2.30 bits per heavy atom. The summed E-state index contributed by atoms with van der Waals surface area (Å²) in [6, 6.07) is 11.0. The summed E-state index contributed by atoms with van der Waals surface area (Å²) in [5.74, 6) is 0.895. The molecule has 0 saturated heterocycles. The fraction of sp³-hybridized carbons (Fsp3) is 0.353. The minimum Gasteiger partial charge on any atom is -0.494 e. The van der Waals surface area contributed by atoms with Gasteiger partial charge >= 0.3 is 0 Å². The molecule has 2 aromatic rings. The van der Waals surface area contributed by atoms with Crippen LogP contribution in [0.1, 0.15) is 32.6 Å². The van der Waals surface area contributed by atoms with E-state index in [4.69, 9.17) is 4.74 Å². The second-order valence-corrected chi connectivity index (χ2v) is 4.84. The minimum absolute atomic E-state index is 0.0216. The van der Waals surface area contributed by atoms with Crippen molar-refractivity contribution in [1.29, 1.82) is 0 Å². The third kappa shape index (κ3) is 4.26. The lowest BCUT2D eigenvalue weighted by atomic mass is 10.2. The SMILES string of the molecule is CCCCCCOc1ccc(-n2ccc(=O)cc2)cc1. The van der Waals surface area contributed by atoms with Crippen molar-refractivity contribution < 1.29 is 4.74 Å². The summed E-state index contributed by atoms with van der Waals surface area (Å²) in [4.78, 5) is 11.1. The van der Waals surface area contributed by atoms with E-state index in [0.29, 0.717) is 0 Å². The summed E-state index contributed by atoms with van der Waals surface area (Å²) in [5.41, 5.74) is 1.04. The molecule has 0 unspecified atom stereocenters. The Hall–Kier alpha value is -2.03. The van der Waals surface area contributed by atoms with Crippen molar-refractivity contribution >= 4 is 0 Å². The lowest BCUT2D eigenvalue weighted by Gasteiger charge is -2.09. The van der Waals surface area contributed by atoms with E-state index in [1.807, 2.05) is 28.8 Å². The van der Waals surface area contributed by atoms with E-state index in [0.717, 1.165) is 24.5 Å². The summed E-state index contributed by atoms with van der Waals surface area (Å²) in [5, 5.41) is 0. The van der Waals surface area contributed by atoms with Gasteiger partial charge in [0.1, 0.15) is 5.75 Å². The molecular weight excluding hydrogens is 250 g/mol. The van der Waals surface area contributed by atoms with Gasteiger partial charge in [0, 0.05) is 30.2 Å². The second kappa shape index (κ2) is 7.53. The van der Waals surface area contributed by atoms with Crippen LogP contribution in [0.4, 0.5) is 0 Å². The van der Waals surface area contributed by atoms with E-state index < -0.39 is 0 Å². The Balaban J connectivity index is 1.89. The van der Waals surface area contributed by atoms with Crippen LogP contribution < -0.4 is 10.2 Å². The van der Waals surface area contributed by atoms with Crippen molar-refractivity contribution in [3.63, 3.8) is 0 Å². The number of hydrogen-bond donors (Lipinski definition) is 0. The number of hydrogen-bond acceptors (Lipinski definition) is 2. The normalized spacial score (nSPS) is 10.4. The van der Waals surface area contributed by atoms with Gasteiger partial charge < -0.3 is 9.30 Å². The second-order valence-electron chi connectivity index (χ2n) is 4.84. The zero-order chi connectivity index (χ0) is 14.2. The molecular formula is C17H21NO2. The first kappa shape index (κ1) is 14.4. The van der Waals surface area contributed by atoms with Crippen molar-refractivity contribution in [2.45, 2.75) is 32.6 Å². The molecule has 0 radical (unpaired) electrons. The van der Waals surface area contributed by atoms with Crippen LogP contribution in [0.15, 0.2) is 53.6 Å². The van der Waals surface area contributed by atoms with Gasteiger partial charge in [-0.1, -0.05) is 26.2 Å². The molecule has 0 aliphatic heterocycles. The molecule has 0 amide bonds. The number of rotatable bonds is 7. The molecule has 106 valence electrons. The molecule has 0 bridgehead atoms. The summed E-state index contributed by atoms with van der Waals surface area (Å²) in [6.07, 6.45) is 8.38. The lowest BCUT2D eigenvalue weighted by Crippen LogP contribution is -2.02. The minimum atomic E-state index is 0.0216. The predicted molar refractivity (Wildman–Crippen MR) is 81.7 cm³/mol. The first-order valence-corrected chi connectivity index (χ1v) is 7.21. The maximum absolute atomic E-state index is 11.1. The van der Waals surface area contributed by atoms with Crippen LogP contribution in [0.3, 0.4) is 0 Å². The summed E-state index contributed by atoms with van der Waals surface area (Å²) in [7, 11) is 0. The molecule has 3 heteroatoms. The Bertz CT molecular complexity index is 552. The van der Waals surface area contributed by atoms with Gasteiger partial charge in [-0.25, -0.2) is 0 Å². The Morgan fingerprint density at radius 1 is 0.950 bits per heavy atom. The van der Waals surface area contributed by atoms with Gasteiger partial charge in [-0.15, -0.1) is 0 Å². The molecule has 20 heavy (non-hydrogen) atoms. The average molecular weight is 271 g/mol. The van der Waals surface area contributed by atoms with E-state index in [-0.39, 0.29) is 5.43 Å². The number of ether oxygens (including phenoxy) is 1. The molecule has 0 saturated carbocycles. The highest BCUT2D eigenvalue weighted by atomic mass is 16.5. The van der Waals surface area contributed by atoms with Gasteiger partial charge in [-0.3, -0.25) is 4.79 Å². The molecule has 3 nitrogen and oxygen atoms in total. The van der Waals surface area contributed by atoms with E-state index in [1.54, 1.807) is 24.5 Å². The predicted octanol–water partition coefficient (Wildman–Crippen LogP) is 3.80. The number of pyridine rings is 1. The molecule has 0 N–H and O–H groups in total. The largest absolute Gasteiger partial charge is 0.494 e. The lowest BCUT2D eigenvalue weighted by molar-refractivity contribution is 0.305. The molecule has 0 fully saturated rings. The summed E-state index contributed by atoms with van der Waals surface area (Å²) in [6.45, 7) is 2.98. The van der Waals surface area contributed by atoms with Crippen molar-refractivity contribution in [1.82, 2.24) is 4.57 Å². The highest BCUT2D eigenvalue weighted by Gasteiger charge is 1.97. The Morgan fingerprint density at radius 2 is 1.65 bits per heavy atom.